The average Bonchev–Trinajstić information content (AvgIpc) is 3.05. The Morgan fingerprint density at radius 2 is 1.87 bits per heavy atom. The number of halogens is 3. The molecular weight excluding hydrogens is 205 g/mol. The molecule has 1 heterocycles. The molecule has 82 valence electrons. The van der Waals surface area contributed by atoms with Crippen LogP contribution in [-0.2, 0) is 10.9 Å². The summed E-state index contributed by atoms with van der Waals surface area (Å²) in [5.74, 6) is 0. The van der Waals surface area contributed by atoms with Crippen molar-refractivity contribution in [2.75, 3.05) is 6.61 Å². The molecule has 3 aliphatic rings. The van der Waals surface area contributed by atoms with Crippen molar-refractivity contribution in [1.29, 1.82) is 0 Å². The molecule has 0 bridgehead atoms. The van der Waals surface area contributed by atoms with Crippen LogP contribution in [0.25, 0.3) is 11.1 Å². The Labute approximate surface area is 85.9 Å². The van der Waals surface area contributed by atoms with Gasteiger partial charge in [0.15, 0.2) is 0 Å². The largest absolute Gasteiger partial charge is 0.417 e. The van der Waals surface area contributed by atoms with Crippen LogP contribution < -0.4 is 0 Å². The summed E-state index contributed by atoms with van der Waals surface area (Å²) < 4.78 is 40.3. The number of fused-ring (bicyclic) bond motifs is 1. The Hall–Kier alpha value is -1.03. The molecule has 1 fully saturated rings. The van der Waals surface area contributed by atoms with Crippen LogP contribution in [0.1, 0.15) is 18.9 Å². The lowest BCUT2D eigenvalue weighted by atomic mass is 10.4. The second kappa shape index (κ2) is 3.52. The highest BCUT2D eigenvalue weighted by atomic mass is 19.4. The van der Waals surface area contributed by atoms with Crippen LogP contribution in [0.2, 0.25) is 0 Å². The maximum atomic E-state index is 11.8. The third-order valence-electron chi connectivity index (χ3n) is 2.43. The van der Waals surface area contributed by atoms with Gasteiger partial charge < -0.3 is 4.74 Å². The minimum atomic E-state index is -4.13. The summed E-state index contributed by atoms with van der Waals surface area (Å²) in [6.45, 7) is 3.15. The second-order valence-corrected chi connectivity index (χ2v) is 3.59. The van der Waals surface area contributed by atoms with Gasteiger partial charge in [-0.25, -0.2) is 0 Å². The fourth-order valence-electron chi connectivity index (χ4n) is 1.41. The van der Waals surface area contributed by atoms with E-state index in [2.05, 4.69) is 6.92 Å². The first kappa shape index (κ1) is 10.5. The van der Waals surface area contributed by atoms with Crippen molar-refractivity contribution in [3.05, 3.63) is 23.8 Å². The van der Waals surface area contributed by atoms with Gasteiger partial charge in [0, 0.05) is 0 Å². The Bertz CT molecular complexity index is 346. The van der Waals surface area contributed by atoms with Gasteiger partial charge in [-0.1, -0.05) is 25.1 Å². The molecule has 0 aromatic heterocycles. The minimum absolute atomic E-state index is 0.368. The zero-order chi connectivity index (χ0) is 11.1. The van der Waals surface area contributed by atoms with Gasteiger partial charge in [-0.05, 0) is 17.5 Å². The van der Waals surface area contributed by atoms with Crippen molar-refractivity contribution < 1.29 is 17.9 Å². The molecule has 1 saturated heterocycles. The van der Waals surface area contributed by atoms with Gasteiger partial charge in [0.05, 0.1) is 18.3 Å². The summed E-state index contributed by atoms with van der Waals surface area (Å²) in [6.07, 6.45) is -2.30. The van der Waals surface area contributed by atoms with Crippen LogP contribution >= 0.6 is 0 Å². The van der Waals surface area contributed by atoms with Gasteiger partial charge in [0.25, 0.3) is 0 Å². The summed E-state index contributed by atoms with van der Waals surface area (Å²) in [5.41, 5.74) is 0.301. The Morgan fingerprint density at radius 3 is 2.07 bits per heavy atom. The van der Waals surface area contributed by atoms with E-state index < -0.39 is 11.7 Å². The molecular formula is C11H11F3O. The van der Waals surface area contributed by atoms with Crippen molar-refractivity contribution >= 4 is 0 Å². The summed E-state index contributed by atoms with van der Waals surface area (Å²) in [6, 6.07) is 4.59. The minimum Gasteiger partial charge on any atom is -0.373 e. The summed E-state index contributed by atoms with van der Waals surface area (Å²) in [4.78, 5) is 0. The first-order valence-electron chi connectivity index (χ1n) is 4.86. The van der Waals surface area contributed by atoms with E-state index in [0.29, 0.717) is 17.2 Å². The first-order valence-corrected chi connectivity index (χ1v) is 4.86. The molecule has 1 aliphatic heterocycles. The summed E-state index contributed by atoms with van der Waals surface area (Å²) in [5, 5.41) is 0. The second-order valence-electron chi connectivity index (χ2n) is 3.59. The fourth-order valence-corrected chi connectivity index (χ4v) is 1.41. The Kier molecular flexibility index (Phi) is 2.46. The highest BCUT2D eigenvalue weighted by molar-refractivity contribution is 5.90. The van der Waals surface area contributed by atoms with Gasteiger partial charge in [0.1, 0.15) is 0 Å². The maximum absolute atomic E-state index is 11.8. The number of epoxide rings is 1. The van der Waals surface area contributed by atoms with Gasteiger partial charge in [-0.3, -0.25) is 0 Å². The molecule has 15 heavy (non-hydrogen) atoms. The van der Waals surface area contributed by atoms with Crippen molar-refractivity contribution in [3.8, 4) is 11.1 Å². The monoisotopic (exact) mass is 216 g/mol. The lowest BCUT2D eigenvalue weighted by Crippen LogP contribution is -1.97. The van der Waals surface area contributed by atoms with E-state index in [-0.39, 0.29) is 0 Å². The summed E-state index contributed by atoms with van der Waals surface area (Å²) >= 11 is 0. The normalized spacial score (nSPS) is 20.4. The number of benzene rings is 1. The molecule has 0 aromatic rings. The standard InChI is InChI=1S/C7H3F3.C4H8O/c8-7(9,10)6-4-2-1-3-5(4)6;1-2-4-3-5-4/h1-3H;4H,2-3H2,1H3. The van der Waals surface area contributed by atoms with E-state index in [0.717, 1.165) is 6.61 Å². The predicted octanol–water partition coefficient (Wildman–Crippen LogP) is 3.48. The molecule has 0 saturated carbocycles. The van der Waals surface area contributed by atoms with E-state index in [1.54, 1.807) is 6.07 Å². The molecule has 1 nitrogen and oxygen atoms in total. The van der Waals surface area contributed by atoms with Crippen LogP contribution in [0, 0.1) is 0 Å². The first-order chi connectivity index (χ1) is 7.04. The predicted molar refractivity (Wildman–Crippen MR) is 50.5 cm³/mol. The third-order valence-corrected chi connectivity index (χ3v) is 2.43. The summed E-state index contributed by atoms with van der Waals surface area (Å²) in [7, 11) is 0. The van der Waals surface area contributed by atoms with Gasteiger partial charge in [-0.15, -0.1) is 0 Å². The fraction of sp³-hybridized carbons (Fsp3) is 0.455. The van der Waals surface area contributed by atoms with E-state index in [1.165, 1.54) is 18.6 Å². The van der Waals surface area contributed by atoms with Gasteiger partial charge in [-0.2, -0.15) is 13.2 Å². The van der Waals surface area contributed by atoms with Crippen molar-refractivity contribution in [2.45, 2.75) is 25.6 Å². The van der Waals surface area contributed by atoms with Crippen LogP contribution in [0.15, 0.2) is 18.2 Å². The zero-order valence-electron chi connectivity index (χ0n) is 8.27. The zero-order valence-corrected chi connectivity index (χ0v) is 8.27. The number of ether oxygens (including phenoxy) is 1. The van der Waals surface area contributed by atoms with Gasteiger partial charge in [0.2, 0.25) is 0 Å². The Morgan fingerprint density at radius 1 is 1.33 bits per heavy atom. The number of hydrogen-bond donors (Lipinski definition) is 0. The SMILES string of the molecule is CCC1CO1.FC(F)(F)c1c2cccc1-2. The quantitative estimate of drug-likeness (QED) is 0.665. The smallest absolute Gasteiger partial charge is 0.373 e. The molecule has 0 radical (unpaired) electrons. The highest BCUT2D eigenvalue weighted by Gasteiger charge is 2.44. The van der Waals surface area contributed by atoms with Gasteiger partial charge >= 0.3 is 6.18 Å². The Balaban J connectivity index is 0.000000144. The van der Waals surface area contributed by atoms with E-state index in [9.17, 15) is 13.2 Å². The molecule has 4 heteroatoms. The van der Waals surface area contributed by atoms with Crippen molar-refractivity contribution in [2.24, 2.45) is 0 Å². The molecule has 1 unspecified atom stereocenters. The number of rotatable bonds is 1. The number of hydrogen-bond acceptors (Lipinski definition) is 1. The van der Waals surface area contributed by atoms with Crippen molar-refractivity contribution in [1.82, 2.24) is 0 Å². The lowest BCUT2D eigenvalue weighted by molar-refractivity contribution is -0.133. The molecule has 0 amide bonds. The molecule has 0 aromatic carbocycles. The van der Waals surface area contributed by atoms with Crippen molar-refractivity contribution in [3.63, 3.8) is 0 Å². The lowest BCUT2D eigenvalue weighted by Gasteiger charge is -1.95. The molecule has 2 aliphatic carbocycles. The topological polar surface area (TPSA) is 12.5 Å². The van der Waals surface area contributed by atoms with E-state index in [1.807, 2.05) is 0 Å². The van der Waals surface area contributed by atoms with E-state index >= 15 is 0 Å². The van der Waals surface area contributed by atoms with Crippen LogP contribution in [0.3, 0.4) is 0 Å². The molecule has 3 rings (SSSR count). The molecule has 0 N–H and O–H groups in total. The molecule has 0 spiro atoms. The van der Waals surface area contributed by atoms with Crippen LogP contribution in [0.4, 0.5) is 13.2 Å². The van der Waals surface area contributed by atoms with Crippen LogP contribution in [0.5, 0.6) is 0 Å². The maximum Gasteiger partial charge on any atom is 0.417 e. The average molecular weight is 216 g/mol. The molecule has 1 atom stereocenters. The third kappa shape index (κ3) is 2.31. The van der Waals surface area contributed by atoms with E-state index in [4.69, 9.17) is 4.74 Å². The highest BCUT2D eigenvalue weighted by Crippen LogP contribution is 2.52. The number of alkyl halides is 3. The van der Waals surface area contributed by atoms with Crippen LogP contribution in [-0.4, -0.2) is 12.7 Å².